The Morgan fingerprint density at radius 3 is 1.75 bits per heavy atom. The second-order valence-electron chi connectivity index (χ2n) is 1.78. The highest BCUT2D eigenvalue weighted by Crippen LogP contribution is 1.94. The van der Waals surface area contributed by atoms with Crippen LogP contribution in [0.2, 0.25) is 0 Å². The molecule has 0 saturated carbocycles. The fourth-order valence-electron chi connectivity index (χ4n) is 0.242. The Morgan fingerprint density at radius 1 is 1.33 bits per heavy atom. The molecule has 6 heteroatoms. The number of carboxylic acids is 1. The first kappa shape index (κ1) is 13.1. The predicted molar refractivity (Wildman–Crippen MR) is 42.2 cm³/mol. The minimum absolute atomic E-state index is 0.0486. The number of hydrogen-bond donors (Lipinski definition) is 4. The lowest BCUT2D eigenvalue weighted by Gasteiger charge is -1.91. The van der Waals surface area contributed by atoms with Crippen LogP contribution in [0, 0.1) is 0 Å². The van der Waals surface area contributed by atoms with Gasteiger partial charge in [-0.1, -0.05) is 6.58 Å². The van der Waals surface area contributed by atoms with Gasteiger partial charge in [0.05, 0.1) is 0 Å². The van der Waals surface area contributed by atoms with Gasteiger partial charge in [0.1, 0.15) is 0 Å². The van der Waals surface area contributed by atoms with E-state index in [9.17, 15) is 4.79 Å². The first-order valence-electron chi connectivity index (χ1n) is 2.98. The number of nitrogens with two attached hydrogens (primary N) is 2. The molecular formula is C6H12N2O4. The van der Waals surface area contributed by atoms with Gasteiger partial charge in [0.25, 0.3) is 0 Å². The van der Waals surface area contributed by atoms with Gasteiger partial charge >= 0.3 is 12.0 Å². The van der Waals surface area contributed by atoms with Crippen LogP contribution in [-0.2, 0) is 4.79 Å². The van der Waals surface area contributed by atoms with Crippen molar-refractivity contribution in [1.82, 2.24) is 0 Å². The summed E-state index contributed by atoms with van der Waals surface area (Å²) >= 11 is 0. The predicted octanol–water partition coefficient (Wildman–Crippen LogP) is -0.967. The summed E-state index contributed by atoms with van der Waals surface area (Å²) in [6.45, 7) is 3.04. The van der Waals surface area contributed by atoms with E-state index in [0.717, 1.165) is 0 Å². The molecule has 0 rings (SSSR count). The van der Waals surface area contributed by atoms with Gasteiger partial charge < -0.3 is 21.7 Å². The Bertz CT molecular complexity index is 174. The van der Waals surface area contributed by atoms with Crippen molar-refractivity contribution >= 4 is 12.0 Å². The monoisotopic (exact) mass is 176 g/mol. The molecule has 2 amide bonds. The maximum Gasteiger partial charge on any atom is 0.331 e. The number of carboxylic acid groups (broad SMARTS) is 1. The molecular weight excluding hydrogens is 164 g/mol. The third-order valence-corrected chi connectivity index (χ3v) is 0.716. The maximum atomic E-state index is 9.88. The third-order valence-electron chi connectivity index (χ3n) is 0.716. The van der Waals surface area contributed by atoms with Crippen molar-refractivity contribution in [3.8, 4) is 0 Å². The molecule has 0 fully saturated rings. The topological polar surface area (TPSA) is 127 Å². The first-order chi connectivity index (χ1) is 5.41. The molecule has 0 heterocycles. The Hall–Kier alpha value is -1.56. The van der Waals surface area contributed by atoms with E-state index < -0.39 is 12.0 Å². The molecule has 6 nitrogen and oxygen atoms in total. The van der Waals surface area contributed by atoms with Crippen molar-refractivity contribution in [2.45, 2.75) is 6.42 Å². The molecule has 0 unspecified atom stereocenters. The van der Waals surface area contributed by atoms with E-state index >= 15 is 0 Å². The molecule has 0 radical (unpaired) electrons. The number of amides is 2. The van der Waals surface area contributed by atoms with E-state index in [1.165, 1.54) is 0 Å². The molecule has 0 aliphatic heterocycles. The summed E-state index contributed by atoms with van der Waals surface area (Å²) in [6.07, 6.45) is 0.148. The van der Waals surface area contributed by atoms with Crippen LogP contribution in [0.3, 0.4) is 0 Å². The molecule has 6 N–H and O–H groups in total. The van der Waals surface area contributed by atoms with Crippen LogP contribution in [0.4, 0.5) is 4.79 Å². The molecule has 70 valence electrons. The smallest absolute Gasteiger partial charge is 0.331 e. The molecule has 0 aliphatic carbocycles. The van der Waals surface area contributed by atoms with Crippen LogP contribution in [0.1, 0.15) is 6.42 Å². The van der Waals surface area contributed by atoms with Crippen molar-refractivity contribution in [2.75, 3.05) is 6.61 Å². The van der Waals surface area contributed by atoms with Crippen molar-refractivity contribution in [3.63, 3.8) is 0 Å². The number of primary amides is 2. The minimum Gasteiger partial charge on any atom is -0.478 e. The van der Waals surface area contributed by atoms with Crippen molar-refractivity contribution in [2.24, 2.45) is 11.5 Å². The van der Waals surface area contributed by atoms with Gasteiger partial charge in [0.15, 0.2) is 0 Å². The molecule has 0 aromatic carbocycles. The summed E-state index contributed by atoms with van der Waals surface area (Å²) in [6, 6.07) is -0.833. The summed E-state index contributed by atoms with van der Waals surface area (Å²) in [5, 5.41) is 16.3. The molecule has 0 aromatic rings. The van der Waals surface area contributed by atoms with E-state index in [1.807, 2.05) is 0 Å². The van der Waals surface area contributed by atoms with Crippen molar-refractivity contribution in [3.05, 3.63) is 12.2 Å². The number of aliphatic carboxylic acids is 1. The zero-order valence-corrected chi connectivity index (χ0v) is 6.49. The lowest BCUT2D eigenvalue weighted by atomic mass is 10.2. The highest BCUT2D eigenvalue weighted by molar-refractivity contribution is 5.85. The number of carbonyl (C=O) groups excluding carboxylic acids is 1. The second kappa shape index (κ2) is 7.55. The highest BCUT2D eigenvalue weighted by atomic mass is 16.4. The largest absolute Gasteiger partial charge is 0.478 e. The maximum absolute atomic E-state index is 9.88. The van der Waals surface area contributed by atoms with E-state index in [-0.39, 0.29) is 18.6 Å². The van der Waals surface area contributed by atoms with Gasteiger partial charge in [0.2, 0.25) is 0 Å². The summed E-state index contributed by atoms with van der Waals surface area (Å²) in [5.74, 6) is -1.04. The Balaban J connectivity index is 0. The van der Waals surface area contributed by atoms with E-state index in [2.05, 4.69) is 18.0 Å². The van der Waals surface area contributed by atoms with Gasteiger partial charge in [-0.25, -0.2) is 9.59 Å². The second-order valence-corrected chi connectivity index (χ2v) is 1.78. The number of aliphatic hydroxyl groups excluding tert-OH is 1. The van der Waals surface area contributed by atoms with Crippen LogP contribution >= 0.6 is 0 Å². The SMILES string of the molecule is C=C(CCO)C(=O)O.NC(N)=O. The molecule has 0 atom stereocenters. The van der Waals surface area contributed by atoms with Crippen LogP contribution in [-0.4, -0.2) is 28.8 Å². The summed E-state index contributed by atoms with van der Waals surface area (Å²) in [5.41, 5.74) is 8.55. The summed E-state index contributed by atoms with van der Waals surface area (Å²) < 4.78 is 0. The van der Waals surface area contributed by atoms with E-state index in [1.54, 1.807) is 0 Å². The molecule has 12 heavy (non-hydrogen) atoms. The van der Waals surface area contributed by atoms with Crippen molar-refractivity contribution < 1.29 is 19.8 Å². The third kappa shape index (κ3) is 15.8. The Labute approximate surface area is 69.5 Å². The standard InChI is InChI=1S/C5H8O3.CH4N2O/c1-4(2-3-6)5(7)8;2-1(3)4/h6H,1-3H2,(H,7,8);(H4,2,3,4). The summed E-state index contributed by atoms with van der Waals surface area (Å²) in [4.78, 5) is 18.9. The number of rotatable bonds is 3. The van der Waals surface area contributed by atoms with Crippen LogP contribution < -0.4 is 11.5 Å². The highest BCUT2D eigenvalue weighted by Gasteiger charge is 1.99. The van der Waals surface area contributed by atoms with Crippen LogP contribution in [0.15, 0.2) is 12.2 Å². The molecule has 0 bridgehead atoms. The quantitative estimate of drug-likeness (QED) is 0.412. The summed E-state index contributed by atoms with van der Waals surface area (Å²) in [7, 11) is 0. The fourth-order valence-corrected chi connectivity index (χ4v) is 0.242. The van der Waals surface area contributed by atoms with Crippen molar-refractivity contribution in [1.29, 1.82) is 0 Å². The number of hydrogen-bond acceptors (Lipinski definition) is 3. The van der Waals surface area contributed by atoms with Crippen LogP contribution in [0.25, 0.3) is 0 Å². The van der Waals surface area contributed by atoms with Gasteiger partial charge in [-0.05, 0) is 0 Å². The number of urea groups is 1. The fraction of sp³-hybridized carbons (Fsp3) is 0.333. The van der Waals surface area contributed by atoms with Gasteiger partial charge in [-0.3, -0.25) is 0 Å². The average Bonchev–Trinajstić information content (AvgIpc) is 1.86. The molecule has 0 aliphatic rings. The van der Waals surface area contributed by atoms with E-state index in [4.69, 9.17) is 15.0 Å². The van der Waals surface area contributed by atoms with Crippen LogP contribution in [0.5, 0.6) is 0 Å². The Kier molecular flexibility index (Phi) is 8.21. The van der Waals surface area contributed by atoms with Gasteiger partial charge in [-0.15, -0.1) is 0 Å². The normalized spacial score (nSPS) is 7.75. The zero-order valence-electron chi connectivity index (χ0n) is 6.49. The average molecular weight is 176 g/mol. The van der Waals surface area contributed by atoms with Gasteiger partial charge in [0, 0.05) is 18.6 Å². The Morgan fingerprint density at radius 2 is 1.67 bits per heavy atom. The minimum atomic E-state index is -1.04. The lowest BCUT2D eigenvalue weighted by Crippen LogP contribution is -2.18. The first-order valence-corrected chi connectivity index (χ1v) is 2.98. The molecule has 0 spiro atoms. The molecule has 0 aromatic heterocycles. The zero-order chi connectivity index (χ0) is 10.1. The number of carbonyl (C=O) groups is 2. The lowest BCUT2D eigenvalue weighted by molar-refractivity contribution is -0.132. The van der Waals surface area contributed by atoms with E-state index in [0.29, 0.717) is 0 Å². The van der Waals surface area contributed by atoms with Gasteiger partial charge in [-0.2, -0.15) is 0 Å². The molecule has 0 saturated heterocycles. The number of aliphatic hydroxyl groups is 1.